The maximum atomic E-state index is 11.7. The second-order valence-corrected chi connectivity index (χ2v) is 4.20. The van der Waals surface area contributed by atoms with Gasteiger partial charge < -0.3 is 15.4 Å². The minimum atomic E-state index is -0.126. The van der Waals surface area contributed by atoms with E-state index in [1.54, 1.807) is 17.9 Å². The van der Waals surface area contributed by atoms with Crippen LogP contribution in [0.3, 0.4) is 0 Å². The molecule has 0 bridgehead atoms. The Balaban J connectivity index is 1.85. The Hall–Kier alpha value is -2.18. The lowest BCUT2D eigenvalue weighted by Crippen LogP contribution is -2.30. The smallest absolute Gasteiger partial charge is 0.239 e. The molecule has 2 rings (SSSR count). The molecule has 6 nitrogen and oxygen atoms in total. The number of benzene rings is 1. The van der Waals surface area contributed by atoms with Crippen LogP contribution in [0.25, 0.3) is 5.69 Å². The van der Waals surface area contributed by atoms with E-state index in [0.717, 1.165) is 5.69 Å². The second-order valence-electron chi connectivity index (χ2n) is 4.20. The van der Waals surface area contributed by atoms with E-state index >= 15 is 0 Å². The van der Waals surface area contributed by atoms with Crippen molar-refractivity contribution in [3.05, 3.63) is 42.6 Å². The zero-order chi connectivity index (χ0) is 14.2. The number of rotatable bonds is 7. The summed E-state index contributed by atoms with van der Waals surface area (Å²) in [6.07, 6.45) is 1.81. The van der Waals surface area contributed by atoms with Crippen molar-refractivity contribution in [3.8, 4) is 5.69 Å². The summed E-state index contributed by atoms with van der Waals surface area (Å²) in [6, 6.07) is 11.5. The van der Waals surface area contributed by atoms with Crippen LogP contribution in [-0.4, -0.2) is 42.5 Å². The largest absolute Gasteiger partial charge is 0.383 e. The van der Waals surface area contributed by atoms with Crippen LogP contribution in [-0.2, 0) is 9.53 Å². The van der Waals surface area contributed by atoms with E-state index in [-0.39, 0.29) is 12.5 Å². The molecule has 0 saturated heterocycles. The predicted octanol–water partition coefficient (Wildman–Crippen LogP) is 1.05. The van der Waals surface area contributed by atoms with Crippen molar-refractivity contribution in [2.24, 2.45) is 0 Å². The lowest BCUT2D eigenvalue weighted by molar-refractivity contribution is -0.115. The Kier molecular flexibility index (Phi) is 5.28. The van der Waals surface area contributed by atoms with Gasteiger partial charge in [-0.25, -0.2) is 4.68 Å². The van der Waals surface area contributed by atoms with E-state index in [1.165, 1.54) is 0 Å². The number of anilines is 1. The number of hydrogen-bond donors (Lipinski definition) is 2. The summed E-state index contributed by atoms with van der Waals surface area (Å²) in [7, 11) is 1.62. The number of amides is 1. The van der Waals surface area contributed by atoms with Crippen LogP contribution in [0.1, 0.15) is 0 Å². The molecule has 0 atom stereocenters. The lowest BCUT2D eigenvalue weighted by atomic mass is 10.3. The molecule has 0 saturated carbocycles. The van der Waals surface area contributed by atoms with Gasteiger partial charge >= 0.3 is 0 Å². The summed E-state index contributed by atoms with van der Waals surface area (Å²) < 4.78 is 6.60. The Morgan fingerprint density at radius 2 is 2.10 bits per heavy atom. The van der Waals surface area contributed by atoms with Crippen molar-refractivity contribution in [2.45, 2.75) is 0 Å². The molecule has 106 valence electrons. The zero-order valence-corrected chi connectivity index (χ0v) is 11.4. The van der Waals surface area contributed by atoms with Gasteiger partial charge in [0.05, 0.1) is 18.8 Å². The van der Waals surface area contributed by atoms with Gasteiger partial charge in [0.2, 0.25) is 5.91 Å². The summed E-state index contributed by atoms with van der Waals surface area (Å²) >= 11 is 0. The van der Waals surface area contributed by atoms with Crippen LogP contribution in [0.2, 0.25) is 0 Å². The van der Waals surface area contributed by atoms with Gasteiger partial charge in [-0.1, -0.05) is 18.2 Å². The molecule has 0 aliphatic rings. The molecule has 0 radical (unpaired) electrons. The van der Waals surface area contributed by atoms with Gasteiger partial charge in [0.1, 0.15) is 0 Å². The highest BCUT2D eigenvalue weighted by molar-refractivity contribution is 5.91. The average Bonchev–Trinajstić information content (AvgIpc) is 2.93. The molecular weight excluding hydrogens is 256 g/mol. The summed E-state index contributed by atoms with van der Waals surface area (Å²) in [5.41, 5.74) is 0.950. The number of hydrogen-bond acceptors (Lipinski definition) is 4. The van der Waals surface area contributed by atoms with Gasteiger partial charge in [-0.3, -0.25) is 4.79 Å². The van der Waals surface area contributed by atoms with Gasteiger partial charge in [-0.15, -0.1) is 0 Å². The van der Waals surface area contributed by atoms with Crippen LogP contribution >= 0.6 is 0 Å². The first kappa shape index (κ1) is 14.2. The molecule has 0 unspecified atom stereocenters. The number of aromatic nitrogens is 2. The molecule has 1 heterocycles. The van der Waals surface area contributed by atoms with Crippen molar-refractivity contribution < 1.29 is 9.53 Å². The third kappa shape index (κ3) is 4.18. The minimum absolute atomic E-state index is 0.126. The van der Waals surface area contributed by atoms with E-state index in [1.807, 2.05) is 36.5 Å². The quantitative estimate of drug-likeness (QED) is 0.740. The van der Waals surface area contributed by atoms with Crippen molar-refractivity contribution in [3.63, 3.8) is 0 Å². The maximum Gasteiger partial charge on any atom is 0.239 e. The van der Waals surface area contributed by atoms with Gasteiger partial charge in [-0.2, -0.15) is 5.10 Å². The Morgan fingerprint density at radius 1 is 1.30 bits per heavy atom. The Bertz CT molecular complexity index is 539. The zero-order valence-electron chi connectivity index (χ0n) is 11.4. The van der Waals surface area contributed by atoms with Crippen molar-refractivity contribution in [1.29, 1.82) is 0 Å². The van der Waals surface area contributed by atoms with E-state index in [4.69, 9.17) is 4.74 Å². The molecule has 1 aromatic carbocycles. The van der Waals surface area contributed by atoms with Crippen molar-refractivity contribution in [2.75, 3.05) is 32.1 Å². The van der Waals surface area contributed by atoms with E-state index < -0.39 is 0 Å². The first-order chi connectivity index (χ1) is 9.79. The molecule has 0 spiro atoms. The van der Waals surface area contributed by atoms with Crippen LogP contribution in [0.5, 0.6) is 0 Å². The summed E-state index contributed by atoms with van der Waals surface area (Å²) in [4.78, 5) is 11.7. The highest BCUT2D eigenvalue weighted by Gasteiger charge is 2.05. The van der Waals surface area contributed by atoms with Gasteiger partial charge in [0.25, 0.3) is 0 Å². The van der Waals surface area contributed by atoms with Crippen molar-refractivity contribution >= 4 is 11.7 Å². The van der Waals surface area contributed by atoms with Crippen molar-refractivity contribution in [1.82, 2.24) is 15.1 Å². The third-order valence-electron chi connectivity index (χ3n) is 2.65. The minimum Gasteiger partial charge on any atom is -0.383 e. The fraction of sp³-hybridized carbons (Fsp3) is 0.286. The highest BCUT2D eigenvalue weighted by atomic mass is 16.5. The fourth-order valence-corrected chi connectivity index (χ4v) is 1.68. The first-order valence-corrected chi connectivity index (χ1v) is 6.40. The van der Waals surface area contributed by atoms with E-state index in [9.17, 15) is 4.79 Å². The molecule has 2 aromatic rings. The topological polar surface area (TPSA) is 68.2 Å². The third-order valence-corrected chi connectivity index (χ3v) is 2.65. The first-order valence-electron chi connectivity index (χ1n) is 6.40. The number of ether oxygens (including phenoxy) is 1. The molecule has 0 aliphatic carbocycles. The molecular formula is C14H18N4O2. The normalized spacial score (nSPS) is 10.4. The summed E-state index contributed by atoms with van der Waals surface area (Å²) in [5, 5.41) is 10.0. The highest BCUT2D eigenvalue weighted by Crippen LogP contribution is 2.09. The fourth-order valence-electron chi connectivity index (χ4n) is 1.68. The molecule has 1 amide bonds. The predicted molar refractivity (Wildman–Crippen MR) is 76.9 cm³/mol. The SMILES string of the molecule is COCCNCC(=O)Nc1ccn(-c2ccccc2)n1. The van der Waals surface area contributed by atoms with E-state index in [2.05, 4.69) is 15.7 Å². The van der Waals surface area contributed by atoms with Crippen LogP contribution in [0.4, 0.5) is 5.82 Å². The monoisotopic (exact) mass is 274 g/mol. The molecule has 6 heteroatoms. The van der Waals surface area contributed by atoms with Gasteiger partial charge in [0.15, 0.2) is 5.82 Å². The number of carbonyl (C=O) groups excluding carboxylic acids is 1. The Labute approximate surface area is 117 Å². The molecule has 0 aliphatic heterocycles. The molecule has 20 heavy (non-hydrogen) atoms. The van der Waals surface area contributed by atoms with Gasteiger partial charge in [0, 0.05) is 25.9 Å². The van der Waals surface area contributed by atoms with E-state index in [0.29, 0.717) is 19.0 Å². The lowest BCUT2D eigenvalue weighted by Gasteiger charge is -2.04. The average molecular weight is 274 g/mol. The standard InChI is InChI=1S/C14H18N4O2/c1-20-10-8-15-11-14(19)16-13-7-9-18(17-13)12-5-3-2-4-6-12/h2-7,9,15H,8,10-11H2,1H3,(H,16,17,19). The summed E-state index contributed by atoms with van der Waals surface area (Å²) in [5.74, 6) is 0.409. The van der Waals surface area contributed by atoms with Crippen LogP contribution in [0.15, 0.2) is 42.6 Å². The maximum absolute atomic E-state index is 11.7. The molecule has 1 aromatic heterocycles. The summed E-state index contributed by atoms with van der Waals surface area (Å²) in [6.45, 7) is 1.46. The number of nitrogens with zero attached hydrogens (tertiary/aromatic N) is 2. The van der Waals surface area contributed by atoms with Crippen LogP contribution < -0.4 is 10.6 Å². The number of methoxy groups -OCH3 is 1. The second kappa shape index (κ2) is 7.42. The number of nitrogens with one attached hydrogen (secondary N) is 2. The molecule has 0 fully saturated rings. The Morgan fingerprint density at radius 3 is 2.85 bits per heavy atom. The van der Waals surface area contributed by atoms with Gasteiger partial charge in [-0.05, 0) is 12.1 Å². The number of para-hydroxylation sites is 1. The molecule has 2 N–H and O–H groups in total. The number of carbonyl (C=O) groups is 1. The van der Waals surface area contributed by atoms with Crippen LogP contribution in [0, 0.1) is 0 Å².